The highest BCUT2D eigenvalue weighted by Gasteiger charge is 2.56. The molecule has 1 aromatic carbocycles. The Morgan fingerprint density at radius 2 is 1.97 bits per heavy atom. The lowest BCUT2D eigenvalue weighted by molar-refractivity contribution is 0.00176. The highest BCUT2D eigenvalue weighted by Crippen LogP contribution is 2.49. The van der Waals surface area contributed by atoms with E-state index in [-0.39, 0.29) is 23.2 Å². The molecule has 2 aliphatic heterocycles. The fraction of sp³-hybridized carbons (Fsp3) is 0.440. The summed E-state index contributed by atoms with van der Waals surface area (Å²) in [5.41, 5.74) is 1.85. The molecule has 2 fully saturated rings. The number of hydrogen-bond donors (Lipinski definition) is 1. The lowest BCUT2D eigenvalue weighted by Gasteiger charge is -2.50. The van der Waals surface area contributed by atoms with E-state index < -0.39 is 0 Å². The number of nitrogens with zero attached hydrogens (tertiary/aromatic N) is 5. The van der Waals surface area contributed by atoms with E-state index in [1.807, 2.05) is 11.0 Å². The van der Waals surface area contributed by atoms with Crippen molar-refractivity contribution in [1.82, 2.24) is 30.0 Å². The molecule has 33 heavy (non-hydrogen) atoms. The van der Waals surface area contributed by atoms with Crippen LogP contribution in [-0.4, -0.2) is 69.2 Å². The fourth-order valence-electron chi connectivity index (χ4n) is 5.10. The number of methoxy groups -OCH3 is 1. The van der Waals surface area contributed by atoms with Gasteiger partial charge in [-0.15, -0.1) is 0 Å². The van der Waals surface area contributed by atoms with E-state index in [1.54, 1.807) is 25.4 Å². The maximum Gasteiger partial charge on any atom is 0.255 e. The van der Waals surface area contributed by atoms with Crippen molar-refractivity contribution in [3.63, 3.8) is 0 Å². The van der Waals surface area contributed by atoms with Gasteiger partial charge in [0, 0.05) is 62.2 Å². The zero-order chi connectivity index (χ0) is 23.0. The van der Waals surface area contributed by atoms with Gasteiger partial charge in [-0.25, -0.2) is 9.97 Å². The standard InChI is InChI=1S/C25H30N6O2/c1-17(2)22-27-23(29-28-22)20-13-30(12-18-7-5-4-6-8-18)14-25(20)15-31(16-25)24(32)19-9-10-21(33-3)26-11-19/h4-11,17,20H,12-16H2,1-3H3,(H,27,28,29). The molecule has 8 nitrogen and oxygen atoms in total. The Hall–Kier alpha value is -3.26. The van der Waals surface area contributed by atoms with Crippen LogP contribution in [0.4, 0.5) is 0 Å². The maximum atomic E-state index is 13.1. The Labute approximate surface area is 194 Å². The first-order chi connectivity index (χ1) is 16.0. The average Bonchev–Trinajstić information content (AvgIpc) is 3.44. The number of nitrogens with one attached hydrogen (secondary N) is 1. The minimum Gasteiger partial charge on any atom is -0.481 e. The van der Waals surface area contributed by atoms with Crippen molar-refractivity contribution in [2.24, 2.45) is 5.41 Å². The van der Waals surface area contributed by atoms with Gasteiger partial charge in [0.05, 0.1) is 12.7 Å². The zero-order valence-electron chi connectivity index (χ0n) is 19.4. The van der Waals surface area contributed by atoms with E-state index in [0.29, 0.717) is 24.5 Å². The number of aromatic amines is 1. The van der Waals surface area contributed by atoms with Crippen molar-refractivity contribution in [2.75, 3.05) is 33.3 Å². The van der Waals surface area contributed by atoms with Crippen LogP contribution in [0.5, 0.6) is 5.88 Å². The maximum absolute atomic E-state index is 13.1. The van der Waals surface area contributed by atoms with Crippen molar-refractivity contribution >= 4 is 5.91 Å². The van der Waals surface area contributed by atoms with Crippen molar-refractivity contribution in [3.8, 4) is 5.88 Å². The molecular formula is C25H30N6O2. The van der Waals surface area contributed by atoms with Gasteiger partial charge in [-0.3, -0.25) is 14.8 Å². The minimum atomic E-state index is -0.0296. The third-order valence-electron chi connectivity index (χ3n) is 6.83. The normalized spacial score (nSPS) is 19.8. The molecule has 5 rings (SSSR count). The summed E-state index contributed by atoms with van der Waals surface area (Å²) in [5, 5.41) is 7.67. The Morgan fingerprint density at radius 1 is 1.18 bits per heavy atom. The molecule has 2 aromatic heterocycles. The average molecular weight is 447 g/mol. The molecule has 0 aliphatic carbocycles. The van der Waals surface area contributed by atoms with Crippen LogP contribution in [0, 0.1) is 5.41 Å². The number of rotatable bonds is 6. The number of carbonyl (C=O) groups is 1. The summed E-state index contributed by atoms with van der Waals surface area (Å²) in [6.07, 6.45) is 1.59. The van der Waals surface area contributed by atoms with E-state index in [0.717, 1.165) is 31.3 Å². The number of aromatic nitrogens is 4. The van der Waals surface area contributed by atoms with Gasteiger partial charge in [0.2, 0.25) is 5.88 Å². The molecule has 3 aromatic rings. The van der Waals surface area contributed by atoms with Gasteiger partial charge in [0.15, 0.2) is 5.82 Å². The predicted molar refractivity (Wildman–Crippen MR) is 124 cm³/mol. The Bertz CT molecular complexity index is 1110. The smallest absolute Gasteiger partial charge is 0.255 e. The second kappa shape index (κ2) is 8.59. The van der Waals surface area contributed by atoms with Crippen molar-refractivity contribution in [1.29, 1.82) is 0 Å². The van der Waals surface area contributed by atoms with Crippen LogP contribution in [0.3, 0.4) is 0 Å². The van der Waals surface area contributed by atoms with Gasteiger partial charge in [-0.2, -0.15) is 5.10 Å². The Kier molecular flexibility index (Phi) is 5.62. The molecule has 2 saturated heterocycles. The van der Waals surface area contributed by atoms with Gasteiger partial charge >= 0.3 is 0 Å². The van der Waals surface area contributed by atoms with Crippen LogP contribution < -0.4 is 4.74 Å². The summed E-state index contributed by atoms with van der Waals surface area (Å²) in [6.45, 7) is 8.32. The number of carbonyl (C=O) groups excluding carboxylic acids is 1. The summed E-state index contributed by atoms with van der Waals surface area (Å²) in [6, 6.07) is 14.0. The zero-order valence-corrected chi connectivity index (χ0v) is 19.4. The van der Waals surface area contributed by atoms with E-state index in [1.165, 1.54) is 5.56 Å². The summed E-state index contributed by atoms with van der Waals surface area (Å²) in [7, 11) is 1.57. The van der Waals surface area contributed by atoms with Gasteiger partial charge in [0.1, 0.15) is 5.82 Å². The van der Waals surface area contributed by atoms with Crippen molar-refractivity contribution in [2.45, 2.75) is 32.2 Å². The quantitative estimate of drug-likeness (QED) is 0.626. The van der Waals surface area contributed by atoms with Crippen LogP contribution in [0.1, 0.15) is 53.3 Å². The van der Waals surface area contributed by atoms with Gasteiger partial charge in [-0.05, 0) is 11.6 Å². The first-order valence-corrected chi connectivity index (χ1v) is 11.5. The monoisotopic (exact) mass is 446 g/mol. The Morgan fingerprint density at radius 3 is 2.61 bits per heavy atom. The summed E-state index contributed by atoms with van der Waals surface area (Å²) < 4.78 is 5.11. The number of ether oxygens (including phenoxy) is 1. The first-order valence-electron chi connectivity index (χ1n) is 11.5. The van der Waals surface area contributed by atoms with Crippen LogP contribution in [0.2, 0.25) is 0 Å². The first kappa shape index (κ1) is 21.6. The van der Waals surface area contributed by atoms with Crippen LogP contribution >= 0.6 is 0 Å². The molecule has 1 unspecified atom stereocenters. The van der Waals surface area contributed by atoms with Gasteiger partial charge < -0.3 is 9.64 Å². The topological polar surface area (TPSA) is 87.2 Å². The highest BCUT2D eigenvalue weighted by molar-refractivity contribution is 5.94. The molecule has 1 N–H and O–H groups in total. The summed E-state index contributed by atoms with van der Waals surface area (Å²) >= 11 is 0. The van der Waals surface area contributed by atoms with E-state index >= 15 is 0 Å². The van der Waals surface area contributed by atoms with Crippen molar-refractivity contribution < 1.29 is 9.53 Å². The highest BCUT2D eigenvalue weighted by atomic mass is 16.5. The molecule has 4 heterocycles. The number of H-pyrrole nitrogens is 1. The predicted octanol–water partition coefficient (Wildman–Crippen LogP) is 3.07. The number of hydrogen-bond acceptors (Lipinski definition) is 6. The van der Waals surface area contributed by atoms with Crippen LogP contribution in [-0.2, 0) is 6.54 Å². The largest absolute Gasteiger partial charge is 0.481 e. The molecule has 1 atom stereocenters. The lowest BCUT2D eigenvalue weighted by Crippen LogP contribution is -2.61. The molecule has 1 amide bonds. The fourth-order valence-corrected chi connectivity index (χ4v) is 5.10. The number of pyridine rings is 1. The number of benzene rings is 1. The SMILES string of the molecule is COc1ccc(C(=O)N2CC3(CN(Cc4ccccc4)CC3c3nc(C(C)C)n[nH]3)C2)cn1. The molecule has 2 aliphatic rings. The van der Waals surface area contributed by atoms with Crippen molar-refractivity contribution in [3.05, 3.63) is 71.4 Å². The van der Waals surface area contributed by atoms with Gasteiger partial charge in [0.25, 0.3) is 5.91 Å². The van der Waals surface area contributed by atoms with Crippen LogP contribution in [0.15, 0.2) is 48.7 Å². The third-order valence-corrected chi connectivity index (χ3v) is 6.83. The molecule has 172 valence electrons. The third kappa shape index (κ3) is 4.11. The molecule has 0 bridgehead atoms. The Balaban J connectivity index is 1.35. The molecular weight excluding hydrogens is 416 g/mol. The molecule has 1 spiro atoms. The van der Waals surface area contributed by atoms with E-state index in [9.17, 15) is 4.79 Å². The minimum absolute atomic E-state index is 0.0106. The summed E-state index contributed by atoms with van der Waals surface area (Å²) in [5.74, 6) is 2.78. The second-order valence-electron chi connectivity index (χ2n) is 9.55. The van der Waals surface area contributed by atoms with Gasteiger partial charge in [-0.1, -0.05) is 44.2 Å². The van der Waals surface area contributed by atoms with Crippen LogP contribution in [0.25, 0.3) is 0 Å². The number of likely N-dealkylation sites (tertiary alicyclic amines) is 2. The molecule has 0 radical (unpaired) electrons. The lowest BCUT2D eigenvalue weighted by atomic mass is 9.71. The second-order valence-corrected chi connectivity index (χ2v) is 9.55. The van der Waals surface area contributed by atoms with E-state index in [2.05, 4.69) is 58.2 Å². The van der Waals surface area contributed by atoms with E-state index in [4.69, 9.17) is 9.72 Å². The molecule has 0 saturated carbocycles. The summed E-state index contributed by atoms with van der Waals surface area (Å²) in [4.78, 5) is 26.5. The molecule has 8 heteroatoms. The number of amides is 1.